The molecule has 0 aromatic heterocycles. The molecule has 1 aromatic rings. The summed E-state index contributed by atoms with van der Waals surface area (Å²) in [4.78, 5) is 10.3. The molecule has 2 nitrogen and oxygen atoms in total. The van der Waals surface area contributed by atoms with Gasteiger partial charge in [0.2, 0.25) is 0 Å². The number of hydrogen-bond donors (Lipinski definition) is 1. The summed E-state index contributed by atoms with van der Waals surface area (Å²) in [5, 5.41) is 8.50. The Kier molecular flexibility index (Phi) is 4.18. The molecular formula is C9H8BrIO2. The monoisotopic (exact) mass is 354 g/mol. The normalized spacial score (nSPS) is 10.0. The van der Waals surface area contributed by atoms with Crippen LogP contribution in [0.5, 0.6) is 0 Å². The van der Waals surface area contributed by atoms with E-state index in [-0.39, 0.29) is 6.42 Å². The van der Waals surface area contributed by atoms with Crippen LogP contribution in [0.1, 0.15) is 12.0 Å². The minimum absolute atomic E-state index is 0.187. The summed E-state index contributed by atoms with van der Waals surface area (Å²) in [6.45, 7) is 0. The number of hydrogen-bond acceptors (Lipinski definition) is 1. The standard InChI is InChI=1S/C9H8BrIO2/c10-7-3-6(1-2-9(12)13)4-8(11)5-7/h3-5H,1-2H2,(H,12,13). The fourth-order valence-corrected chi connectivity index (χ4v) is 2.71. The first-order valence-electron chi connectivity index (χ1n) is 3.74. The molecule has 0 heterocycles. The van der Waals surface area contributed by atoms with Crippen LogP contribution in [-0.4, -0.2) is 11.1 Å². The van der Waals surface area contributed by atoms with E-state index < -0.39 is 5.97 Å². The highest BCUT2D eigenvalue weighted by Crippen LogP contribution is 2.18. The fourth-order valence-electron chi connectivity index (χ4n) is 1.01. The van der Waals surface area contributed by atoms with E-state index in [0.29, 0.717) is 6.42 Å². The molecule has 70 valence electrons. The number of carboxylic acids is 1. The molecule has 0 aliphatic heterocycles. The molecule has 1 aromatic carbocycles. The molecule has 0 bridgehead atoms. The van der Waals surface area contributed by atoms with Crippen LogP contribution in [0.2, 0.25) is 0 Å². The van der Waals surface area contributed by atoms with E-state index in [2.05, 4.69) is 38.5 Å². The number of aryl methyl sites for hydroxylation is 1. The first kappa shape index (κ1) is 11.0. The van der Waals surface area contributed by atoms with Gasteiger partial charge in [-0.3, -0.25) is 4.79 Å². The van der Waals surface area contributed by atoms with Crippen LogP contribution in [-0.2, 0) is 11.2 Å². The Morgan fingerprint density at radius 1 is 1.46 bits per heavy atom. The van der Waals surface area contributed by atoms with Crippen molar-refractivity contribution in [1.29, 1.82) is 0 Å². The summed E-state index contributed by atoms with van der Waals surface area (Å²) < 4.78 is 2.12. The van der Waals surface area contributed by atoms with E-state index in [1.54, 1.807) is 0 Å². The number of benzene rings is 1. The molecule has 0 amide bonds. The molecule has 0 radical (unpaired) electrons. The number of rotatable bonds is 3. The summed E-state index contributed by atoms with van der Waals surface area (Å²) in [5.74, 6) is -0.755. The van der Waals surface area contributed by atoms with Gasteiger partial charge < -0.3 is 5.11 Å². The maximum atomic E-state index is 10.3. The van der Waals surface area contributed by atoms with Crippen molar-refractivity contribution in [3.63, 3.8) is 0 Å². The van der Waals surface area contributed by atoms with Crippen LogP contribution in [0.25, 0.3) is 0 Å². The van der Waals surface area contributed by atoms with Gasteiger partial charge in [-0.15, -0.1) is 0 Å². The lowest BCUT2D eigenvalue weighted by atomic mass is 10.1. The summed E-state index contributed by atoms with van der Waals surface area (Å²) in [6.07, 6.45) is 0.775. The van der Waals surface area contributed by atoms with Crippen molar-refractivity contribution in [1.82, 2.24) is 0 Å². The minimum atomic E-state index is -0.755. The van der Waals surface area contributed by atoms with Crippen molar-refractivity contribution in [2.24, 2.45) is 0 Å². The Morgan fingerprint density at radius 3 is 2.69 bits per heavy atom. The lowest BCUT2D eigenvalue weighted by molar-refractivity contribution is -0.136. The summed E-state index contributed by atoms with van der Waals surface area (Å²) in [6, 6.07) is 5.93. The van der Waals surface area contributed by atoms with E-state index in [1.165, 1.54) is 0 Å². The van der Waals surface area contributed by atoms with Crippen LogP contribution in [0.3, 0.4) is 0 Å². The molecule has 4 heteroatoms. The van der Waals surface area contributed by atoms with Gasteiger partial charge in [0.1, 0.15) is 0 Å². The second kappa shape index (κ2) is 4.95. The minimum Gasteiger partial charge on any atom is -0.481 e. The molecule has 0 unspecified atom stereocenters. The average Bonchev–Trinajstić information content (AvgIpc) is 1.99. The highest BCUT2D eigenvalue weighted by atomic mass is 127. The van der Waals surface area contributed by atoms with Crippen molar-refractivity contribution < 1.29 is 9.90 Å². The van der Waals surface area contributed by atoms with Gasteiger partial charge in [0.25, 0.3) is 0 Å². The second-order valence-corrected chi connectivity index (χ2v) is 4.83. The molecule has 0 saturated heterocycles. The summed E-state index contributed by atoms with van der Waals surface area (Å²) >= 11 is 5.58. The molecule has 0 spiro atoms. The van der Waals surface area contributed by atoms with Gasteiger partial charge in [-0.25, -0.2) is 0 Å². The topological polar surface area (TPSA) is 37.3 Å². The molecule has 0 aliphatic carbocycles. The summed E-state index contributed by atoms with van der Waals surface area (Å²) in [5.41, 5.74) is 1.06. The lowest BCUT2D eigenvalue weighted by Crippen LogP contribution is -1.97. The van der Waals surface area contributed by atoms with Gasteiger partial charge >= 0.3 is 5.97 Å². The van der Waals surface area contributed by atoms with E-state index in [1.807, 2.05) is 18.2 Å². The Bertz CT molecular complexity index is 305. The second-order valence-electron chi connectivity index (χ2n) is 2.67. The van der Waals surface area contributed by atoms with Gasteiger partial charge in [-0.1, -0.05) is 15.9 Å². The molecule has 0 aliphatic rings. The third-order valence-electron chi connectivity index (χ3n) is 1.55. The smallest absolute Gasteiger partial charge is 0.303 e. The number of carbonyl (C=O) groups is 1. The number of carboxylic acid groups (broad SMARTS) is 1. The van der Waals surface area contributed by atoms with Crippen LogP contribution in [0, 0.1) is 3.57 Å². The first-order valence-corrected chi connectivity index (χ1v) is 5.62. The Labute approximate surface area is 98.6 Å². The molecular weight excluding hydrogens is 347 g/mol. The molecule has 13 heavy (non-hydrogen) atoms. The van der Waals surface area contributed by atoms with Crippen molar-refractivity contribution >= 4 is 44.5 Å². The molecule has 0 saturated carbocycles. The Hall–Kier alpha value is -0.100. The van der Waals surface area contributed by atoms with Gasteiger partial charge in [0.05, 0.1) is 0 Å². The third kappa shape index (κ3) is 4.08. The highest BCUT2D eigenvalue weighted by molar-refractivity contribution is 14.1. The zero-order valence-electron chi connectivity index (χ0n) is 6.76. The molecule has 0 fully saturated rings. The number of aliphatic carboxylic acids is 1. The number of halogens is 2. The first-order chi connectivity index (χ1) is 6.08. The Morgan fingerprint density at radius 2 is 2.15 bits per heavy atom. The van der Waals surface area contributed by atoms with Crippen molar-refractivity contribution in [3.05, 3.63) is 31.8 Å². The maximum Gasteiger partial charge on any atom is 0.303 e. The Balaban J connectivity index is 2.71. The van der Waals surface area contributed by atoms with E-state index >= 15 is 0 Å². The van der Waals surface area contributed by atoms with Gasteiger partial charge in [-0.2, -0.15) is 0 Å². The van der Waals surface area contributed by atoms with Gasteiger partial charge in [-0.05, 0) is 52.8 Å². The van der Waals surface area contributed by atoms with Crippen molar-refractivity contribution in [2.75, 3.05) is 0 Å². The van der Waals surface area contributed by atoms with Crippen LogP contribution in [0.4, 0.5) is 0 Å². The van der Waals surface area contributed by atoms with Crippen LogP contribution < -0.4 is 0 Å². The molecule has 1 rings (SSSR count). The third-order valence-corrected chi connectivity index (χ3v) is 2.63. The van der Waals surface area contributed by atoms with Crippen LogP contribution in [0.15, 0.2) is 22.7 Å². The van der Waals surface area contributed by atoms with Crippen molar-refractivity contribution in [2.45, 2.75) is 12.8 Å². The highest BCUT2D eigenvalue weighted by Gasteiger charge is 2.01. The van der Waals surface area contributed by atoms with E-state index in [4.69, 9.17) is 5.11 Å². The maximum absolute atomic E-state index is 10.3. The quantitative estimate of drug-likeness (QED) is 0.847. The largest absolute Gasteiger partial charge is 0.481 e. The predicted octanol–water partition coefficient (Wildman–Crippen LogP) is 3.07. The average molecular weight is 355 g/mol. The SMILES string of the molecule is O=C(O)CCc1cc(Br)cc(I)c1. The zero-order valence-corrected chi connectivity index (χ0v) is 10.5. The van der Waals surface area contributed by atoms with E-state index in [0.717, 1.165) is 13.6 Å². The fraction of sp³-hybridized carbons (Fsp3) is 0.222. The van der Waals surface area contributed by atoms with E-state index in [9.17, 15) is 4.79 Å². The van der Waals surface area contributed by atoms with Gasteiger partial charge in [0.15, 0.2) is 0 Å². The lowest BCUT2D eigenvalue weighted by Gasteiger charge is -2.00. The molecule has 0 atom stereocenters. The van der Waals surface area contributed by atoms with Gasteiger partial charge in [0, 0.05) is 14.5 Å². The predicted molar refractivity (Wildman–Crippen MR) is 62.8 cm³/mol. The summed E-state index contributed by atoms with van der Waals surface area (Å²) in [7, 11) is 0. The van der Waals surface area contributed by atoms with Crippen molar-refractivity contribution in [3.8, 4) is 0 Å². The van der Waals surface area contributed by atoms with Crippen LogP contribution >= 0.6 is 38.5 Å². The molecule has 1 N–H and O–H groups in total. The zero-order chi connectivity index (χ0) is 9.84.